The van der Waals surface area contributed by atoms with Gasteiger partial charge in [0, 0.05) is 19.5 Å². The Labute approximate surface area is 256 Å². The Morgan fingerprint density at radius 3 is 2.26 bits per heavy atom. The Morgan fingerprint density at radius 2 is 1.65 bits per heavy atom. The maximum absolute atomic E-state index is 14.5. The number of nitrogens with zero attached hydrogens (tertiary/aromatic N) is 1. The van der Waals surface area contributed by atoms with Crippen molar-refractivity contribution in [3.05, 3.63) is 70.8 Å². The van der Waals surface area contributed by atoms with Gasteiger partial charge < -0.3 is 25.0 Å². The number of hydrogen-bond donors (Lipinski definition) is 2. The molecule has 0 bridgehead atoms. The van der Waals surface area contributed by atoms with Crippen LogP contribution in [-0.4, -0.2) is 60.1 Å². The largest absolute Gasteiger partial charge is 0.466 e. The molecule has 0 spiro atoms. The fourth-order valence-corrected chi connectivity index (χ4v) is 4.80. The van der Waals surface area contributed by atoms with Gasteiger partial charge >= 0.3 is 12.1 Å². The molecule has 9 nitrogen and oxygen atoms in total. The summed E-state index contributed by atoms with van der Waals surface area (Å²) >= 11 is 0. The van der Waals surface area contributed by atoms with E-state index >= 15 is 0 Å². The minimum absolute atomic E-state index is 0.0137. The number of hydrogen-bond acceptors (Lipinski definition) is 6. The molecule has 2 unspecified atom stereocenters. The van der Waals surface area contributed by atoms with Crippen LogP contribution in [-0.2, 0) is 30.3 Å². The summed E-state index contributed by atoms with van der Waals surface area (Å²) in [6.45, 7) is 13.6. The number of nitrogens with one attached hydrogen (secondary N) is 2. The third kappa shape index (κ3) is 12.1. The van der Waals surface area contributed by atoms with E-state index in [0.29, 0.717) is 18.5 Å². The lowest BCUT2D eigenvalue weighted by molar-refractivity contribution is -0.144. The summed E-state index contributed by atoms with van der Waals surface area (Å²) in [4.78, 5) is 54.9. The van der Waals surface area contributed by atoms with Crippen molar-refractivity contribution >= 4 is 23.9 Å². The second-order valence-electron chi connectivity index (χ2n) is 11.7. The summed E-state index contributed by atoms with van der Waals surface area (Å²) in [6.07, 6.45) is 1.97. The zero-order valence-corrected chi connectivity index (χ0v) is 26.8. The van der Waals surface area contributed by atoms with Crippen LogP contribution in [0, 0.1) is 13.8 Å². The number of unbranched alkanes of at least 4 members (excludes halogenated alkanes) is 2. The van der Waals surface area contributed by atoms with Crippen LogP contribution in [0.25, 0.3) is 0 Å². The van der Waals surface area contributed by atoms with Crippen LogP contribution in [0.2, 0.25) is 0 Å². The number of amides is 3. The zero-order valence-electron chi connectivity index (χ0n) is 26.8. The lowest BCUT2D eigenvalue weighted by Crippen LogP contribution is -2.54. The number of esters is 1. The molecule has 0 aliphatic heterocycles. The van der Waals surface area contributed by atoms with Gasteiger partial charge in [-0.15, -0.1) is 0 Å². The highest BCUT2D eigenvalue weighted by Crippen LogP contribution is 2.27. The van der Waals surface area contributed by atoms with Crippen LogP contribution >= 0.6 is 0 Å². The summed E-state index contributed by atoms with van der Waals surface area (Å²) in [7, 11) is 0. The van der Waals surface area contributed by atoms with Crippen LogP contribution in [0.1, 0.15) is 88.6 Å². The second-order valence-corrected chi connectivity index (χ2v) is 11.7. The lowest BCUT2D eigenvalue weighted by atomic mass is 9.95. The fourth-order valence-electron chi connectivity index (χ4n) is 4.80. The maximum Gasteiger partial charge on any atom is 0.408 e. The molecular formula is C34H49N3O6. The van der Waals surface area contributed by atoms with Crippen LogP contribution in [0.3, 0.4) is 0 Å². The van der Waals surface area contributed by atoms with Gasteiger partial charge in [-0.05, 0) is 64.7 Å². The molecule has 3 amide bonds. The first-order valence-corrected chi connectivity index (χ1v) is 15.2. The quantitative estimate of drug-likeness (QED) is 0.206. The Hall–Kier alpha value is -3.88. The monoisotopic (exact) mass is 595 g/mol. The molecule has 2 aromatic carbocycles. The molecule has 2 rings (SSSR count). The molecule has 0 fully saturated rings. The maximum atomic E-state index is 14.5. The van der Waals surface area contributed by atoms with Crippen molar-refractivity contribution in [2.75, 3.05) is 19.7 Å². The first kappa shape index (κ1) is 35.3. The van der Waals surface area contributed by atoms with Gasteiger partial charge in [-0.3, -0.25) is 14.4 Å². The van der Waals surface area contributed by atoms with Crippen LogP contribution in [0.15, 0.2) is 48.5 Å². The minimum atomic E-state index is -0.987. The number of benzene rings is 2. The second kappa shape index (κ2) is 17.3. The molecule has 2 aromatic rings. The van der Waals surface area contributed by atoms with Crippen molar-refractivity contribution in [1.82, 2.24) is 15.5 Å². The predicted octanol–water partition coefficient (Wildman–Crippen LogP) is 5.57. The third-order valence-electron chi connectivity index (χ3n) is 6.77. The number of aryl methyl sites for hydroxylation is 2. The number of ether oxygens (including phenoxy) is 2. The molecule has 0 aliphatic rings. The summed E-state index contributed by atoms with van der Waals surface area (Å²) in [5.41, 5.74) is 2.66. The Morgan fingerprint density at radius 1 is 0.953 bits per heavy atom. The van der Waals surface area contributed by atoms with Crippen molar-refractivity contribution in [2.45, 2.75) is 98.3 Å². The van der Waals surface area contributed by atoms with E-state index in [1.807, 2.05) is 62.4 Å². The Bertz CT molecular complexity index is 1210. The van der Waals surface area contributed by atoms with E-state index in [2.05, 4.69) is 17.6 Å². The van der Waals surface area contributed by atoms with E-state index in [-0.39, 0.29) is 26.0 Å². The molecule has 0 saturated heterocycles. The van der Waals surface area contributed by atoms with E-state index in [4.69, 9.17) is 9.47 Å². The molecule has 0 radical (unpaired) electrons. The number of carbonyl (C=O) groups excluding carboxylic acids is 4. The van der Waals surface area contributed by atoms with Gasteiger partial charge in [-0.25, -0.2) is 4.79 Å². The molecule has 9 heteroatoms. The number of alkyl carbamates (subject to hydrolysis) is 1. The van der Waals surface area contributed by atoms with Gasteiger partial charge in [0.05, 0.1) is 13.0 Å². The fraction of sp³-hybridized carbons (Fsp3) is 0.529. The van der Waals surface area contributed by atoms with Crippen molar-refractivity contribution in [3.8, 4) is 0 Å². The third-order valence-corrected chi connectivity index (χ3v) is 6.77. The lowest BCUT2D eigenvalue weighted by Gasteiger charge is -2.35. The molecule has 236 valence electrons. The van der Waals surface area contributed by atoms with Gasteiger partial charge in [0.1, 0.15) is 17.7 Å². The SMILES string of the molecule is CCCCCN(C(=O)C(Cc1ccccc1)NC(=O)OC(C)(C)C)C(C(=O)NCCC(=O)OCC)c1ccc(C)cc1C. The van der Waals surface area contributed by atoms with Gasteiger partial charge in [-0.1, -0.05) is 73.9 Å². The summed E-state index contributed by atoms with van der Waals surface area (Å²) in [6, 6.07) is 13.2. The van der Waals surface area contributed by atoms with Gasteiger partial charge in [-0.2, -0.15) is 0 Å². The van der Waals surface area contributed by atoms with E-state index < -0.39 is 41.6 Å². The van der Waals surface area contributed by atoms with Crippen LogP contribution in [0.4, 0.5) is 4.79 Å². The van der Waals surface area contributed by atoms with E-state index in [0.717, 1.165) is 29.5 Å². The minimum Gasteiger partial charge on any atom is -0.466 e. The first-order chi connectivity index (χ1) is 20.4. The summed E-state index contributed by atoms with van der Waals surface area (Å²) in [5, 5.41) is 5.64. The smallest absolute Gasteiger partial charge is 0.408 e. The molecule has 0 saturated carbocycles. The highest BCUT2D eigenvalue weighted by molar-refractivity contribution is 5.92. The zero-order chi connectivity index (χ0) is 32.0. The van der Waals surface area contributed by atoms with Gasteiger partial charge in [0.2, 0.25) is 11.8 Å². The Balaban J connectivity index is 2.54. The number of carbonyl (C=O) groups is 4. The van der Waals surface area contributed by atoms with Crippen LogP contribution in [0.5, 0.6) is 0 Å². The standard InChI is InChI=1S/C34H49N3O6/c1-8-10-14-21-37(32(40)28(23-26-15-12-11-13-16-26)36-33(41)43-34(5,6)7)30(27-18-17-24(3)22-25(27)4)31(39)35-20-19-29(38)42-9-2/h11-13,15-18,22,28,30H,8-10,14,19-21,23H2,1-7H3,(H,35,39)(H,36,41). The summed E-state index contributed by atoms with van der Waals surface area (Å²) < 4.78 is 10.5. The molecule has 2 N–H and O–H groups in total. The molecule has 2 atom stereocenters. The highest BCUT2D eigenvalue weighted by Gasteiger charge is 2.36. The average Bonchev–Trinajstić information content (AvgIpc) is 2.92. The highest BCUT2D eigenvalue weighted by atomic mass is 16.6. The molecule has 0 aromatic heterocycles. The average molecular weight is 596 g/mol. The topological polar surface area (TPSA) is 114 Å². The van der Waals surface area contributed by atoms with Crippen molar-refractivity contribution in [1.29, 1.82) is 0 Å². The molecule has 0 heterocycles. The normalized spacial score (nSPS) is 12.5. The summed E-state index contributed by atoms with van der Waals surface area (Å²) in [5.74, 6) is -1.21. The van der Waals surface area contributed by atoms with Gasteiger partial charge in [0.25, 0.3) is 0 Å². The van der Waals surface area contributed by atoms with E-state index in [1.54, 1.807) is 32.6 Å². The van der Waals surface area contributed by atoms with Crippen molar-refractivity contribution < 1.29 is 28.7 Å². The molecule has 0 aliphatic carbocycles. The first-order valence-electron chi connectivity index (χ1n) is 15.2. The molecular weight excluding hydrogens is 546 g/mol. The number of rotatable bonds is 15. The van der Waals surface area contributed by atoms with Crippen molar-refractivity contribution in [2.24, 2.45) is 0 Å². The Kier molecular flexibility index (Phi) is 14.2. The predicted molar refractivity (Wildman–Crippen MR) is 167 cm³/mol. The van der Waals surface area contributed by atoms with Crippen molar-refractivity contribution in [3.63, 3.8) is 0 Å². The molecule has 43 heavy (non-hydrogen) atoms. The van der Waals surface area contributed by atoms with E-state index in [9.17, 15) is 19.2 Å². The van der Waals surface area contributed by atoms with Crippen LogP contribution < -0.4 is 10.6 Å². The van der Waals surface area contributed by atoms with E-state index in [1.165, 1.54) is 0 Å². The van der Waals surface area contributed by atoms with Gasteiger partial charge in [0.15, 0.2) is 0 Å².